The summed E-state index contributed by atoms with van der Waals surface area (Å²) < 4.78 is 0. The maximum Gasteiger partial charge on any atom is 0.221 e. The van der Waals surface area contributed by atoms with Crippen LogP contribution in [0.4, 0.5) is 5.69 Å². The minimum Gasteiger partial charge on any atom is -0.508 e. The second-order valence-electron chi connectivity index (χ2n) is 3.35. The molecule has 0 spiro atoms. The maximum absolute atomic E-state index is 10.9. The van der Waals surface area contributed by atoms with Gasteiger partial charge in [0, 0.05) is 12.1 Å². The second kappa shape index (κ2) is 3.57. The molecule has 2 rings (SSSR count). The third kappa shape index (κ3) is 1.96. The molecule has 0 aromatic heterocycles. The van der Waals surface area contributed by atoms with Gasteiger partial charge in [-0.05, 0) is 30.7 Å². The second-order valence-corrected chi connectivity index (χ2v) is 3.35. The molecule has 0 saturated carbocycles. The van der Waals surface area contributed by atoms with E-state index >= 15 is 0 Å². The Kier molecular flexibility index (Phi) is 2.26. The summed E-state index contributed by atoms with van der Waals surface area (Å²) in [5.74, 6) is 0.326. The van der Waals surface area contributed by atoms with Crippen molar-refractivity contribution in [2.45, 2.75) is 19.0 Å². The number of anilines is 1. The van der Waals surface area contributed by atoms with E-state index in [0.29, 0.717) is 6.42 Å². The SMILES string of the molecule is O=C1CCC(Nc2ccc(O)cc2)N1. The molecule has 1 aliphatic heterocycles. The highest BCUT2D eigenvalue weighted by Crippen LogP contribution is 2.16. The smallest absolute Gasteiger partial charge is 0.221 e. The molecule has 4 nitrogen and oxygen atoms in total. The van der Waals surface area contributed by atoms with E-state index < -0.39 is 0 Å². The Balaban J connectivity index is 1.97. The Labute approximate surface area is 81.9 Å². The number of carbonyl (C=O) groups excluding carboxylic acids is 1. The average Bonchev–Trinajstić information content (AvgIpc) is 2.56. The molecule has 14 heavy (non-hydrogen) atoms. The fourth-order valence-corrected chi connectivity index (χ4v) is 1.48. The Morgan fingerprint density at radius 2 is 2.07 bits per heavy atom. The van der Waals surface area contributed by atoms with E-state index in [1.807, 2.05) is 0 Å². The Morgan fingerprint density at radius 3 is 2.64 bits per heavy atom. The first-order valence-corrected chi connectivity index (χ1v) is 4.59. The summed E-state index contributed by atoms with van der Waals surface area (Å²) in [6.45, 7) is 0. The average molecular weight is 192 g/mol. The first-order chi connectivity index (χ1) is 6.74. The van der Waals surface area contributed by atoms with E-state index in [-0.39, 0.29) is 17.8 Å². The van der Waals surface area contributed by atoms with Crippen molar-refractivity contribution in [2.24, 2.45) is 0 Å². The van der Waals surface area contributed by atoms with Crippen LogP contribution in [0.2, 0.25) is 0 Å². The quantitative estimate of drug-likeness (QED) is 0.613. The zero-order valence-electron chi connectivity index (χ0n) is 7.66. The zero-order chi connectivity index (χ0) is 9.97. The van der Waals surface area contributed by atoms with Crippen LogP contribution in [0.15, 0.2) is 24.3 Å². The number of amides is 1. The lowest BCUT2D eigenvalue weighted by Gasteiger charge is -2.13. The van der Waals surface area contributed by atoms with E-state index in [2.05, 4.69) is 10.6 Å². The van der Waals surface area contributed by atoms with Crippen LogP contribution in [0, 0.1) is 0 Å². The third-order valence-electron chi connectivity index (χ3n) is 2.20. The highest BCUT2D eigenvalue weighted by Gasteiger charge is 2.19. The first kappa shape index (κ1) is 8.87. The molecule has 1 aromatic rings. The number of benzene rings is 1. The zero-order valence-corrected chi connectivity index (χ0v) is 7.66. The minimum atomic E-state index is 0.0204. The lowest BCUT2D eigenvalue weighted by atomic mass is 10.2. The number of nitrogens with one attached hydrogen (secondary N) is 2. The molecule has 1 heterocycles. The summed E-state index contributed by atoms with van der Waals surface area (Å²) in [4.78, 5) is 10.9. The molecule has 0 radical (unpaired) electrons. The largest absolute Gasteiger partial charge is 0.508 e. The van der Waals surface area contributed by atoms with Gasteiger partial charge in [0.1, 0.15) is 5.75 Å². The lowest BCUT2D eigenvalue weighted by Crippen LogP contribution is -2.32. The number of hydrogen-bond acceptors (Lipinski definition) is 3. The molecule has 1 fully saturated rings. The predicted octanol–water partition coefficient (Wildman–Crippen LogP) is 1.04. The third-order valence-corrected chi connectivity index (χ3v) is 2.20. The van der Waals surface area contributed by atoms with E-state index in [9.17, 15) is 4.79 Å². The number of phenols is 1. The van der Waals surface area contributed by atoms with E-state index in [1.54, 1.807) is 24.3 Å². The van der Waals surface area contributed by atoms with Gasteiger partial charge in [-0.25, -0.2) is 0 Å². The normalized spacial score (nSPS) is 20.6. The molecule has 1 amide bonds. The summed E-state index contributed by atoms with van der Waals surface area (Å²) in [7, 11) is 0. The van der Waals surface area contributed by atoms with E-state index in [4.69, 9.17) is 5.11 Å². The minimum absolute atomic E-state index is 0.0204. The molecule has 1 aromatic carbocycles. The van der Waals surface area contributed by atoms with Crippen molar-refractivity contribution in [3.8, 4) is 5.75 Å². The van der Waals surface area contributed by atoms with Gasteiger partial charge in [-0.3, -0.25) is 4.79 Å². The van der Waals surface area contributed by atoms with Gasteiger partial charge < -0.3 is 15.7 Å². The fourth-order valence-electron chi connectivity index (χ4n) is 1.48. The number of aromatic hydroxyl groups is 1. The molecule has 0 bridgehead atoms. The van der Waals surface area contributed by atoms with Crippen molar-refractivity contribution in [3.05, 3.63) is 24.3 Å². The van der Waals surface area contributed by atoms with Crippen LogP contribution in [0.5, 0.6) is 5.75 Å². The number of hydrogen-bond donors (Lipinski definition) is 3. The van der Waals surface area contributed by atoms with Gasteiger partial charge in [0.25, 0.3) is 0 Å². The number of phenolic OH excluding ortho intramolecular Hbond substituents is 1. The summed E-state index contributed by atoms with van der Waals surface area (Å²) >= 11 is 0. The lowest BCUT2D eigenvalue weighted by molar-refractivity contribution is -0.119. The summed E-state index contributed by atoms with van der Waals surface area (Å²) in [5.41, 5.74) is 0.898. The van der Waals surface area contributed by atoms with Crippen LogP contribution in [-0.2, 0) is 4.79 Å². The summed E-state index contributed by atoms with van der Waals surface area (Å²) in [6, 6.07) is 6.78. The van der Waals surface area contributed by atoms with Crippen LogP contribution < -0.4 is 10.6 Å². The standard InChI is InChI=1S/C10H12N2O2/c13-8-3-1-7(2-4-8)11-9-5-6-10(14)12-9/h1-4,9,11,13H,5-6H2,(H,12,14). The topological polar surface area (TPSA) is 61.4 Å². The van der Waals surface area contributed by atoms with Gasteiger partial charge >= 0.3 is 0 Å². The molecular formula is C10H12N2O2. The van der Waals surface area contributed by atoms with Crippen molar-refractivity contribution in [1.82, 2.24) is 5.32 Å². The van der Waals surface area contributed by atoms with Crippen LogP contribution in [0.25, 0.3) is 0 Å². The monoisotopic (exact) mass is 192 g/mol. The number of rotatable bonds is 2. The molecule has 0 aliphatic carbocycles. The van der Waals surface area contributed by atoms with Crippen LogP contribution in [0.1, 0.15) is 12.8 Å². The van der Waals surface area contributed by atoms with Gasteiger partial charge in [-0.15, -0.1) is 0 Å². The molecule has 1 aliphatic rings. The molecule has 74 valence electrons. The van der Waals surface area contributed by atoms with Gasteiger partial charge in [-0.1, -0.05) is 0 Å². The summed E-state index contributed by atoms with van der Waals surface area (Å²) in [6.07, 6.45) is 1.40. The van der Waals surface area contributed by atoms with Crippen LogP contribution in [0.3, 0.4) is 0 Å². The molecule has 1 unspecified atom stereocenters. The molecule has 4 heteroatoms. The van der Waals surface area contributed by atoms with Crippen molar-refractivity contribution in [1.29, 1.82) is 0 Å². The molecular weight excluding hydrogens is 180 g/mol. The van der Waals surface area contributed by atoms with E-state index in [0.717, 1.165) is 12.1 Å². The van der Waals surface area contributed by atoms with Gasteiger partial charge in [0.2, 0.25) is 5.91 Å². The van der Waals surface area contributed by atoms with Crippen molar-refractivity contribution < 1.29 is 9.90 Å². The fraction of sp³-hybridized carbons (Fsp3) is 0.300. The number of carbonyl (C=O) groups is 1. The Hall–Kier alpha value is -1.71. The van der Waals surface area contributed by atoms with Gasteiger partial charge in [0.05, 0.1) is 6.17 Å². The van der Waals surface area contributed by atoms with Crippen molar-refractivity contribution in [3.63, 3.8) is 0 Å². The van der Waals surface area contributed by atoms with Crippen molar-refractivity contribution in [2.75, 3.05) is 5.32 Å². The van der Waals surface area contributed by atoms with E-state index in [1.165, 1.54) is 0 Å². The van der Waals surface area contributed by atoms with Gasteiger partial charge in [-0.2, -0.15) is 0 Å². The highest BCUT2D eigenvalue weighted by molar-refractivity contribution is 5.79. The van der Waals surface area contributed by atoms with Gasteiger partial charge in [0.15, 0.2) is 0 Å². The molecule has 1 atom stereocenters. The first-order valence-electron chi connectivity index (χ1n) is 4.59. The maximum atomic E-state index is 10.9. The predicted molar refractivity (Wildman–Crippen MR) is 52.9 cm³/mol. The van der Waals surface area contributed by atoms with Crippen LogP contribution in [-0.4, -0.2) is 17.2 Å². The highest BCUT2D eigenvalue weighted by atomic mass is 16.3. The molecule has 3 N–H and O–H groups in total. The van der Waals surface area contributed by atoms with Crippen molar-refractivity contribution >= 4 is 11.6 Å². The Bertz CT molecular complexity index is 334. The molecule has 1 saturated heterocycles. The summed E-state index contributed by atoms with van der Waals surface area (Å²) in [5, 5.41) is 15.0. The Morgan fingerprint density at radius 1 is 1.36 bits per heavy atom. The van der Waals surface area contributed by atoms with Crippen LogP contribution >= 0.6 is 0 Å².